The maximum atomic E-state index is 13.3. The van der Waals surface area contributed by atoms with Crippen molar-refractivity contribution in [1.82, 2.24) is 9.47 Å². The number of likely N-dealkylation sites (tertiary alicyclic amines) is 1. The van der Waals surface area contributed by atoms with E-state index in [0.717, 1.165) is 36.2 Å². The number of nitrogens with zero attached hydrogens (tertiary/aromatic N) is 2. The molecule has 2 fully saturated rings. The first-order chi connectivity index (χ1) is 11.8. The number of carbonyl (C=O) groups is 1. The molecule has 1 spiro atoms. The second-order valence-electron chi connectivity index (χ2n) is 7.24. The monoisotopic (exact) mass is 356 g/mol. The average molecular weight is 356 g/mol. The number of hydrogen-bond acceptors (Lipinski definition) is 3. The number of carbonyl (C=O) groups excluding carboxylic acids is 1. The van der Waals surface area contributed by atoms with Gasteiger partial charge in [0.2, 0.25) is 0 Å². The van der Waals surface area contributed by atoms with Crippen LogP contribution in [0.1, 0.15) is 55.1 Å². The molecule has 7 heteroatoms. The zero-order valence-electron chi connectivity index (χ0n) is 14.4. The fourth-order valence-electron chi connectivity index (χ4n) is 4.00. The Morgan fingerprint density at radius 1 is 1.20 bits per heavy atom. The highest BCUT2D eigenvalue weighted by molar-refractivity contribution is 5.95. The average Bonchev–Trinajstić information content (AvgIpc) is 2.96. The van der Waals surface area contributed by atoms with Crippen LogP contribution in [0, 0.1) is 5.41 Å². The molecule has 0 amide bonds. The zero-order chi connectivity index (χ0) is 18.2. The molecule has 1 saturated carbocycles. The Labute approximate surface area is 144 Å². The molecule has 2 aliphatic rings. The van der Waals surface area contributed by atoms with Gasteiger partial charge in [-0.2, -0.15) is 13.2 Å². The Balaban J connectivity index is 1.82. The highest BCUT2D eigenvalue weighted by Crippen LogP contribution is 2.47. The number of ketones is 1. The first kappa shape index (κ1) is 18.2. The molecule has 2 heterocycles. The lowest BCUT2D eigenvalue weighted by Gasteiger charge is -2.38. The number of hydrogen-bond donors (Lipinski definition) is 0. The summed E-state index contributed by atoms with van der Waals surface area (Å²) in [6.45, 7) is 3.70. The van der Waals surface area contributed by atoms with Crippen LogP contribution < -0.4 is 5.56 Å². The summed E-state index contributed by atoms with van der Waals surface area (Å²) in [5.41, 5.74) is -1.62. The van der Waals surface area contributed by atoms with Crippen molar-refractivity contribution in [2.75, 3.05) is 19.6 Å². The van der Waals surface area contributed by atoms with Gasteiger partial charge in [-0.15, -0.1) is 0 Å². The third-order valence-corrected chi connectivity index (χ3v) is 5.66. The smallest absolute Gasteiger partial charge is 0.303 e. The van der Waals surface area contributed by atoms with E-state index in [2.05, 4.69) is 4.90 Å². The molecular weight excluding hydrogens is 333 g/mol. The fourth-order valence-corrected chi connectivity index (χ4v) is 4.00. The van der Waals surface area contributed by atoms with Crippen molar-refractivity contribution in [1.29, 1.82) is 0 Å². The molecule has 0 aromatic carbocycles. The second-order valence-corrected chi connectivity index (χ2v) is 7.24. The number of Topliss-reactive ketones (excluding diaryl/α,β-unsaturated/α-hetero) is 1. The first-order valence-corrected chi connectivity index (χ1v) is 8.82. The van der Waals surface area contributed by atoms with Gasteiger partial charge in [-0.05, 0) is 43.4 Å². The summed E-state index contributed by atoms with van der Waals surface area (Å²) in [5.74, 6) is -0.429. The maximum Gasteiger partial charge on any atom is 0.431 e. The van der Waals surface area contributed by atoms with Gasteiger partial charge in [0.05, 0.1) is 5.56 Å². The SMILES string of the molecule is CCC(=O)c1ccc(C(F)(F)F)n(CCN2CCC3(CCC3)C2)c1=O. The van der Waals surface area contributed by atoms with Gasteiger partial charge in [0, 0.05) is 26.1 Å². The van der Waals surface area contributed by atoms with E-state index in [1.807, 2.05) is 0 Å². The normalized spacial score (nSPS) is 20.0. The van der Waals surface area contributed by atoms with Crippen LogP contribution in [0.2, 0.25) is 0 Å². The summed E-state index contributed by atoms with van der Waals surface area (Å²) in [4.78, 5) is 26.4. The Morgan fingerprint density at radius 2 is 1.92 bits per heavy atom. The van der Waals surface area contributed by atoms with Crippen LogP contribution in [0.4, 0.5) is 13.2 Å². The molecular formula is C18H23F3N2O2. The van der Waals surface area contributed by atoms with Crippen LogP contribution in [0.5, 0.6) is 0 Å². The molecule has 0 atom stereocenters. The number of halogens is 3. The summed E-state index contributed by atoms with van der Waals surface area (Å²) >= 11 is 0. The molecule has 4 nitrogen and oxygen atoms in total. The number of aromatic nitrogens is 1. The van der Waals surface area contributed by atoms with Gasteiger partial charge in [0.1, 0.15) is 5.69 Å². The van der Waals surface area contributed by atoms with E-state index in [1.54, 1.807) is 6.92 Å². The van der Waals surface area contributed by atoms with E-state index in [0.29, 0.717) is 12.0 Å². The minimum atomic E-state index is -4.62. The number of pyridine rings is 1. The van der Waals surface area contributed by atoms with E-state index in [4.69, 9.17) is 0 Å². The van der Waals surface area contributed by atoms with E-state index in [9.17, 15) is 22.8 Å². The van der Waals surface area contributed by atoms with Crippen molar-refractivity contribution in [3.63, 3.8) is 0 Å². The lowest BCUT2D eigenvalue weighted by Crippen LogP contribution is -2.37. The Morgan fingerprint density at radius 3 is 2.44 bits per heavy atom. The molecule has 1 aliphatic carbocycles. The quantitative estimate of drug-likeness (QED) is 0.760. The van der Waals surface area contributed by atoms with E-state index in [-0.39, 0.29) is 18.5 Å². The minimum absolute atomic E-state index is 0.0470. The standard InChI is InChI=1S/C18H23F3N2O2/c1-2-14(24)13-4-5-15(18(19,20)21)23(16(13)25)11-10-22-9-8-17(12-22)6-3-7-17/h4-5H,2-3,6-12H2,1H3. The molecule has 0 N–H and O–H groups in total. The molecule has 0 unspecified atom stereocenters. The maximum absolute atomic E-state index is 13.3. The van der Waals surface area contributed by atoms with Gasteiger partial charge in [-0.3, -0.25) is 9.59 Å². The second kappa shape index (κ2) is 6.59. The highest BCUT2D eigenvalue weighted by Gasteiger charge is 2.42. The molecule has 1 saturated heterocycles. The Kier molecular flexibility index (Phi) is 4.79. The molecule has 25 heavy (non-hydrogen) atoms. The topological polar surface area (TPSA) is 42.3 Å². The van der Waals surface area contributed by atoms with Crippen molar-refractivity contribution in [2.45, 2.75) is 51.7 Å². The number of alkyl halides is 3. The van der Waals surface area contributed by atoms with E-state index in [1.165, 1.54) is 19.3 Å². The van der Waals surface area contributed by atoms with E-state index >= 15 is 0 Å². The predicted molar refractivity (Wildman–Crippen MR) is 87.7 cm³/mol. The van der Waals surface area contributed by atoms with Crippen molar-refractivity contribution >= 4 is 5.78 Å². The van der Waals surface area contributed by atoms with Crippen molar-refractivity contribution < 1.29 is 18.0 Å². The molecule has 138 valence electrons. The zero-order valence-corrected chi connectivity index (χ0v) is 14.4. The van der Waals surface area contributed by atoms with Crippen molar-refractivity contribution in [2.24, 2.45) is 5.41 Å². The molecule has 1 aromatic rings. The van der Waals surface area contributed by atoms with Crippen LogP contribution in [-0.4, -0.2) is 34.9 Å². The van der Waals surface area contributed by atoms with Gasteiger partial charge in [-0.1, -0.05) is 13.3 Å². The molecule has 3 rings (SSSR count). The predicted octanol–water partition coefficient (Wildman–Crippen LogP) is 3.34. The highest BCUT2D eigenvalue weighted by atomic mass is 19.4. The van der Waals surface area contributed by atoms with Crippen LogP contribution in [0.3, 0.4) is 0 Å². The van der Waals surface area contributed by atoms with Gasteiger partial charge < -0.3 is 9.47 Å². The first-order valence-electron chi connectivity index (χ1n) is 8.82. The number of rotatable bonds is 5. The summed E-state index contributed by atoms with van der Waals surface area (Å²) in [6, 6.07) is 1.86. The Bertz CT molecular complexity index is 720. The lowest BCUT2D eigenvalue weighted by atomic mass is 9.68. The minimum Gasteiger partial charge on any atom is -0.303 e. The van der Waals surface area contributed by atoms with Gasteiger partial charge in [0.15, 0.2) is 5.78 Å². The molecule has 1 aromatic heterocycles. The van der Waals surface area contributed by atoms with Crippen LogP contribution in [0.25, 0.3) is 0 Å². The van der Waals surface area contributed by atoms with Crippen molar-refractivity contribution in [3.05, 3.63) is 33.7 Å². The Hall–Kier alpha value is -1.63. The van der Waals surface area contributed by atoms with Gasteiger partial charge in [0.25, 0.3) is 5.56 Å². The molecule has 0 bridgehead atoms. The summed E-state index contributed by atoms with van der Waals surface area (Å²) in [5, 5.41) is 0. The molecule has 1 aliphatic heterocycles. The molecule has 0 radical (unpaired) electrons. The summed E-state index contributed by atoms with van der Waals surface area (Å²) in [7, 11) is 0. The lowest BCUT2D eigenvalue weighted by molar-refractivity contribution is -0.144. The largest absolute Gasteiger partial charge is 0.431 e. The summed E-state index contributed by atoms with van der Waals surface area (Å²) in [6.07, 6.45) is 0.174. The third kappa shape index (κ3) is 3.52. The van der Waals surface area contributed by atoms with Crippen molar-refractivity contribution in [3.8, 4) is 0 Å². The van der Waals surface area contributed by atoms with Crippen LogP contribution in [-0.2, 0) is 12.7 Å². The fraction of sp³-hybridized carbons (Fsp3) is 0.667. The third-order valence-electron chi connectivity index (χ3n) is 5.66. The van der Waals surface area contributed by atoms with Crippen LogP contribution in [0.15, 0.2) is 16.9 Å². The van der Waals surface area contributed by atoms with E-state index < -0.39 is 23.2 Å². The van der Waals surface area contributed by atoms with Gasteiger partial charge >= 0.3 is 6.18 Å². The van der Waals surface area contributed by atoms with Crippen LogP contribution >= 0.6 is 0 Å². The van der Waals surface area contributed by atoms with Gasteiger partial charge in [-0.25, -0.2) is 0 Å². The summed E-state index contributed by atoms with van der Waals surface area (Å²) < 4.78 is 40.5.